The van der Waals surface area contributed by atoms with Crippen LogP contribution >= 0.6 is 0 Å². The van der Waals surface area contributed by atoms with E-state index in [4.69, 9.17) is 4.74 Å². The highest BCUT2D eigenvalue weighted by atomic mass is 16.5. The lowest BCUT2D eigenvalue weighted by Crippen LogP contribution is -2.34. The molecule has 0 heterocycles. The van der Waals surface area contributed by atoms with E-state index in [1.165, 1.54) is 12.8 Å². The van der Waals surface area contributed by atoms with Crippen LogP contribution in [0.5, 0.6) is 0 Å². The lowest BCUT2D eigenvalue weighted by molar-refractivity contribution is 0.103. The summed E-state index contributed by atoms with van der Waals surface area (Å²) in [5.74, 6) is 0.887. The van der Waals surface area contributed by atoms with Crippen molar-refractivity contribution in [1.29, 1.82) is 0 Å². The summed E-state index contributed by atoms with van der Waals surface area (Å²) in [4.78, 5) is 2.32. The number of ether oxygens (including phenoxy) is 1. The smallest absolute Gasteiger partial charge is 0.0593 e. The van der Waals surface area contributed by atoms with Crippen LogP contribution in [0, 0.1) is 5.92 Å². The molecule has 1 aliphatic rings. The molecule has 1 aliphatic carbocycles. The van der Waals surface area contributed by atoms with E-state index < -0.39 is 0 Å². The fourth-order valence-corrected chi connectivity index (χ4v) is 1.41. The lowest BCUT2D eigenvalue weighted by atomic mass is 10.4. The van der Waals surface area contributed by atoms with Crippen molar-refractivity contribution in [3.05, 3.63) is 0 Å². The molecule has 0 aromatic rings. The van der Waals surface area contributed by atoms with Crippen molar-refractivity contribution >= 4 is 0 Å². The van der Waals surface area contributed by atoms with E-state index in [2.05, 4.69) is 31.1 Å². The Balaban J connectivity index is 1.81. The third-order valence-electron chi connectivity index (χ3n) is 2.71. The first-order chi connectivity index (χ1) is 7.18. The van der Waals surface area contributed by atoms with E-state index in [0.717, 1.165) is 38.8 Å². The number of nitrogens with one attached hydrogen (secondary N) is 1. The standard InChI is InChI=1S/C12H26N2O/c1-11(2)13-6-7-14(3)8-9-15-10-12-4-5-12/h11-13H,4-10H2,1-3H3. The fourth-order valence-electron chi connectivity index (χ4n) is 1.41. The number of rotatable bonds is 9. The molecule has 0 atom stereocenters. The predicted octanol–water partition coefficient (Wildman–Crippen LogP) is 1.34. The van der Waals surface area contributed by atoms with E-state index in [1.807, 2.05) is 0 Å². The normalized spacial score (nSPS) is 16.6. The summed E-state index contributed by atoms with van der Waals surface area (Å²) in [6.07, 6.45) is 2.77. The molecule has 1 rings (SSSR count). The van der Waals surface area contributed by atoms with Gasteiger partial charge in [0, 0.05) is 32.3 Å². The van der Waals surface area contributed by atoms with Gasteiger partial charge in [0.05, 0.1) is 6.61 Å². The Bertz CT molecular complexity index is 158. The lowest BCUT2D eigenvalue weighted by Gasteiger charge is -2.17. The van der Waals surface area contributed by atoms with E-state index >= 15 is 0 Å². The number of likely N-dealkylation sites (N-methyl/N-ethyl adjacent to an activating group) is 1. The topological polar surface area (TPSA) is 24.5 Å². The molecule has 0 aromatic heterocycles. The van der Waals surface area contributed by atoms with Gasteiger partial charge in [-0.25, -0.2) is 0 Å². The van der Waals surface area contributed by atoms with Crippen molar-refractivity contribution in [3.8, 4) is 0 Å². The average molecular weight is 214 g/mol. The molecule has 15 heavy (non-hydrogen) atoms. The zero-order chi connectivity index (χ0) is 11.1. The van der Waals surface area contributed by atoms with Gasteiger partial charge >= 0.3 is 0 Å². The molecular formula is C12H26N2O. The molecule has 0 amide bonds. The highest BCUT2D eigenvalue weighted by Gasteiger charge is 2.20. The summed E-state index contributed by atoms with van der Waals surface area (Å²) in [5, 5.41) is 3.41. The monoisotopic (exact) mass is 214 g/mol. The van der Waals surface area contributed by atoms with Crippen molar-refractivity contribution in [2.45, 2.75) is 32.7 Å². The zero-order valence-electron chi connectivity index (χ0n) is 10.5. The van der Waals surface area contributed by atoms with Gasteiger partial charge in [0.25, 0.3) is 0 Å². The van der Waals surface area contributed by atoms with Crippen LogP contribution in [0.1, 0.15) is 26.7 Å². The summed E-state index contributed by atoms with van der Waals surface area (Å²) in [7, 11) is 2.16. The first kappa shape index (κ1) is 12.9. The van der Waals surface area contributed by atoms with Crippen LogP contribution in [0.25, 0.3) is 0 Å². The highest BCUT2D eigenvalue weighted by Crippen LogP contribution is 2.28. The maximum absolute atomic E-state index is 5.59. The van der Waals surface area contributed by atoms with Gasteiger partial charge in [-0.15, -0.1) is 0 Å². The summed E-state index contributed by atoms with van der Waals surface area (Å²) in [5.41, 5.74) is 0. The van der Waals surface area contributed by atoms with Crippen LogP contribution in [0.15, 0.2) is 0 Å². The Morgan fingerprint density at radius 3 is 2.67 bits per heavy atom. The molecule has 3 nitrogen and oxygen atoms in total. The maximum atomic E-state index is 5.59. The van der Waals surface area contributed by atoms with E-state index in [9.17, 15) is 0 Å². The molecular weight excluding hydrogens is 188 g/mol. The van der Waals surface area contributed by atoms with E-state index in [-0.39, 0.29) is 0 Å². The highest BCUT2D eigenvalue weighted by molar-refractivity contribution is 4.72. The molecule has 0 unspecified atom stereocenters. The fraction of sp³-hybridized carbons (Fsp3) is 1.00. The molecule has 0 bridgehead atoms. The number of hydrogen-bond donors (Lipinski definition) is 1. The molecule has 1 N–H and O–H groups in total. The molecule has 0 aromatic carbocycles. The molecule has 0 radical (unpaired) electrons. The molecule has 1 saturated carbocycles. The second-order valence-corrected chi connectivity index (χ2v) is 4.93. The molecule has 0 saturated heterocycles. The molecule has 90 valence electrons. The van der Waals surface area contributed by atoms with Crippen molar-refractivity contribution < 1.29 is 4.74 Å². The summed E-state index contributed by atoms with van der Waals surface area (Å²) in [6.45, 7) is 9.44. The van der Waals surface area contributed by atoms with Crippen LogP contribution in [0.4, 0.5) is 0 Å². The first-order valence-electron chi connectivity index (χ1n) is 6.18. The van der Waals surface area contributed by atoms with Crippen LogP contribution in [0.2, 0.25) is 0 Å². The largest absolute Gasteiger partial charge is 0.380 e. The minimum Gasteiger partial charge on any atom is -0.380 e. The Kier molecular flexibility index (Phi) is 6.22. The second kappa shape index (κ2) is 7.20. The van der Waals surface area contributed by atoms with Gasteiger partial charge in [-0.1, -0.05) is 13.8 Å². The molecule has 0 spiro atoms. The van der Waals surface area contributed by atoms with E-state index in [1.54, 1.807) is 0 Å². The van der Waals surface area contributed by atoms with Crippen LogP contribution < -0.4 is 5.32 Å². The minimum atomic E-state index is 0.588. The summed E-state index contributed by atoms with van der Waals surface area (Å²) >= 11 is 0. The van der Waals surface area contributed by atoms with Crippen molar-refractivity contribution in [1.82, 2.24) is 10.2 Å². The van der Waals surface area contributed by atoms with Crippen LogP contribution in [-0.4, -0.2) is 50.8 Å². The Morgan fingerprint density at radius 1 is 1.33 bits per heavy atom. The summed E-state index contributed by atoms with van der Waals surface area (Å²) in [6, 6.07) is 0.588. The zero-order valence-corrected chi connectivity index (χ0v) is 10.5. The first-order valence-corrected chi connectivity index (χ1v) is 6.18. The number of hydrogen-bond acceptors (Lipinski definition) is 3. The van der Waals surface area contributed by atoms with Gasteiger partial charge in [-0.05, 0) is 25.8 Å². The maximum Gasteiger partial charge on any atom is 0.0593 e. The quantitative estimate of drug-likeness (QED) is 0.586. The van der Waals surface area contributed by atoms with Crippen molar-refractivity contribution in [2.75, 3.05) is 39.9 Å². The Hall–Kier alpha value is -0.120. The van der Waals surface area contributed by atoms with Crippen LogP contribution in [0.3, 0.4) is 0 Å². The average Bonchev–Trinajstić information content (AvgIpc) is 2.95. The Labute approximate surface area is 94.2 Å². The third-order valence-corrected chi connectivity index (χ3v) is 2.71. The van der Waals surface area contributed by atoms with Crippen molar-refractivity contribution in [2.24, 2.45) is 5.92 Å². The second-order valence-electron chi connectivity index (χ2n) is 4.93. The summed E-state index contributed by atoms with van der Waals surface area (Å²) < 4.78 is 5.59. The van der Waals surface area contributed by atoms with Gasteiger partial charge in [-0.3, -0.25) is 0 Å². The Morgan fingerprint density at radius 2 is 2.07 bits per heavy atom. The van der Waals surface area contributed by atoms with Gasteiger partial charge in [0.2, 0.25) is 0 Å². The SMILES string of the molecule is CC(C)NCCN(C)CCOCC1CC1. The molecule has 1 fully saturated rings. The third kappa shape index (κ3) is 7.77. The van der Waals surface area contributed by atoms with Crippen molar-refractivity contribution in [3.63, 3.8) is 0 Å². The van der Waals surface area contributed by atoms with Gasteiger partial charge in [-0.2, -0.15) is 0 Å². The van der Waals surface area contributed by atoms with Gasteiger partial charge in [0.15, 0.2) is 0 Å². The molecule has 3 heteroatoms. The molecule has 0 aliphatic heterocycles. The van der Waals surface area contributed by atoms with Crippen LogP contribution in [-0.2, 0) is 4.74 Å². The van der Waals surface area contributed by atoms with Gasteiger partial charge in [0.1, 0.15) is 0 Å². The number of nitrogens with zero attached hydrogens (tertiary/aromatic N) is 1. The van der Waals surface area contributed by atoms with E-state index in [0.29, 0.717) is 6.04 Å². The van der Waals surface area contributed by atoms with Gasteiger partial charge < -0.3 is 15.0 Å². The minimum absolute atomic E-state index is 0.588. The predicted molar refractivity (Wildman–Crippen MR) is 64.2 cm³/mol.